The van der Waals surface area contributed by atoms with Crippen molar-refractivity contribution in [1.29, 1.82) is 0 Å². The highest BCUT2D eigenvalue weighted by Gasteiger charge is 2.59. The molecular weight excluding hydrogens is 444 g/mol. The number of carbonyl (C=O) groups excluding carboxylic acids is 2. The molecule has 7 nitrogen and oxygen atoms in total. The maximum absolute atomic E-state index is 13.5. The number of nitrogens with one attached hydrogen (secondary N) is 2. The van der Waals surface area contributed by atoms with E-state index in [2.05, 4.69) is 35.3 Å². The number of aliphatic imine (C=N–C) groups is 1. The van der Waals surface area contributed by atoms with Gasteiger partial charge in [0.1, 0.15) is 5.84 Å². The van der Waals surface area contributed by atoms with Crippen molar-refractivity contribution >= 4 is 25.8 Å². The van der Waals surface area contributed by atoms with Gasteiger partial charge < -0.3 is 20.6 Å². The Balaban J connectivity index is 1.51. The van der Waals surface area contributed by atoms with Crippen LogP contribution in [0.4, 0.5) is 4.79 Å². The topological polar surface area (TPSA) is 94.0 Å². The number of benzene rings is 1. The molecule has 8 heteroatoms. The molecule has 0 spiro atoms. The van der Waals surface area contributed by atoms with Crippen molar-refractivity contribution in [3.63, 3.8) is 0 Å². The molecule has 0 saturated heterocycles. The predicted octanol–water partition coefficient (Wildman–Crippen LogP) is 4.00. The number of aliphatic hydroxyl groups is 1. The maximum atomic E-state index is 13.5. The van der Waals surface area contributed by atoms with Crippen LogP contribution in [0.2, 0.25) is 24.7 Å². The number of rotatable bonds is 5. The second kappa shape index (κ2) is 8.05. The smallest absolute Gasteiger partial charge is 0.318 e. The van der Waals surface area contributed by atoms with E-state index in [0.717, 1.165) is 29.6 Å². The summed E-state index contributed by atoms with van der Waals surface area (Å²) in [5, 5.41) is 16.8. The molecule has 1 aromatic rings. The van der Waals surface area contributed by atoms with Gasteiger partial charge in [-0.3, -0.25) is 9.79 Å². The summed E-state index contributed by atoms with van der Waals surface area (Å²) in [6, 6.07) is 8.71. The van der Waals surface area contributed by atoms with Gasteiger partial charge in [-0.2, -0.15) is 0 Å². The quantitative estimate of drug-likeness (QED) is 0.554. The zero-order valence-corrected chi connectivity index (χ0v) is 22.5. The van der Waals surface area contributed by atoms with Crippen LogP contribution in [0.5, 0.6) is 0 Å². The Kier molecular flexibility index (Phi) is 5.84. The van der Waals surface area contributed by atoms with Gasteiger partial charge in [-0.25, -0.2) is 4.79 Å². The van der Waals surface area contributed by atoms with Gasteiger partial charge in [0.2, 0.25) is 5.91 Å². The molecule has 2 heterocycles. The molecule has 0 aromatic heterocycles. The number of hydrogen-bond acceptors (Lipinski definition) is 4. The molecule has 4 rings (SSSR count). The first kappa shape index (κ1) is 24.7. The van der Waals surface area contributed by atoms with Crippen molar-refractivity contribution in [2.24, 2.45) is 4.99 Å². The van der Waals surface area contributed by atoms with Crippen LogP contribution in [0.25, 0.3) is 0 Å². The molecule has 0 bridgehead atoms. The molecule has 3 aliphatic rings. The van der Waals surface area contributed by atoms with Crippen molar-refractivity contribution in [2.45, 2.75) is 82.4 Å². The lowest BCUT2D eigenvalue weighted by Gasteiger charge is -2.38. The highest BCUT2D eigenvalue weighted by molar-refractivity contribution is 6.83. The van der Waals surface area contributed by atoms with E-state index in [1.807, 2.05) is 44.2 Å². The summed E-state index contributed by atoms with van der Waals surface area (Å²) in [6.45, 7) is 15.0. The van der Waals surface area contributed by atoms with E-state index >= 15 is 0 Å². The fourth-order valence-electron chi connectivity index (χ4n) is 5.37. The number of hydrogen-bond donors (Lipinski definition) is 3. The van der Waals surface area contributed by atoms with Gasteiger partial charge in [0.25, 0.3) is 0 Å². The van der Waals surface area contributed by atoms with Gasteiger partial charge in [-0.05, 0) is 51.7 Å². The largest absolute Gasteiger partial charge is 0.388 e. The zero-order chi connectivity index (χ0) is 25.1. The van der Waals surface area contributed by atoms with Crippen LogP contribution < -0.4 is 10.6 Å². The molecule has 3 amide bonds. The molecular formula is C26H38N4O3Si. The Bertz CT molecular complexity index is 1060. The summed E-state index contributed by atoms with van der Waals surface area (Å²) >= 11 is 0. The second-order valence-corrected chi connectivity index (χ2v) is 17.5. The summed E-state index contributed by atoms with van der Waals surface area (Å²) in [5.41, 5.74) is 1.16. The van der Waals surface area contributed by atoms with Gasteiger partial charge in [0, 0.05) is 10.6 Å². The van der Waals surface area contributed by atoms with E-state index in [1.54, 1.807) is 18.7 Å². The highest BCUT2D eigenvalue weighted by Crippen LogP contribution is 2.60. The van der Waals surface area contributed by atoms with Crippen molar-refractivity contribution in [1.82, 2.24) is 15.5 Å². The summed E-state index contributed by atoms with van der Waals surface area (Å²) < 4.78 is 0. The van der Waals surface area contributed by atoms with Crippen molar-refractivity contribution in [2.75, 3.05) is 13.1 Å². The first-order valence-corrected chi connectivity index (χ1v) is 15.6. The van der Waals surface area contributed by atoms with Crippen LogP contribution in [0.1, 0.15) is 52.1 Å². The normalized spacial score (nSPS) is 21.6. The third-order valence-electron chi connectivity index (χ3n) is 7.98. The van der Waals surface area contributed by atoms with Crippen molar-refractivity contribution in [3.05, 3.63) is 47.0 Å². The standard InChI is InChI=1S/C26H38N4O3Si/c1-24(2)19-15-27-21(29-22(31)26(13-14-26)34(5,6)7)18(19)16-30(24)23(32)28-20(25(3,4)33)17-11-9-8-10-12-17/h8-12,20,33H,13-16H2,1-7H3,(H,28,32)(H,27,29,31)/t20-/m0/s1. The molecule has 1 fully saturated rings. The molecule has 3 N–H and O–H groups in total. The van der Waals surface area contributed by atoms with E-state index < -0.39 is 25.3 Å². The second-order valence-electron chi connectivity index (χ2n) is 12.0. The molecule has 0 radical (unpaired) electrons. The summed E-state index contributed by atoms with van der Waals surface area (Å²) in [7, 11) is -1.65. The molecule has 184 valence electrons. The van der Waals surface area contributed by atoms with Crippen LogP contribution in [0.3, 0.4) is 0 Å². The highest BCUT2D eigenvalue weighted by atomic mass is 28.3. The van der Waals surface area contributed by atoms with E-state index in [-0.39, 0.29) is 17.0 Å². The third-order valence-corrected chi connectivity index (χ3v) is 11.6. The number of amides is 3. The Hall–Kier alpha value is -2.45. The Labute approximate surface area is 203 Å². The number of amidine groups is 1. The first-order chi connectivity index (χ1) is 15.7. The Morgan fingerprint density at radius 3 is 2.29 bits per heavy atom. The number of urea groups is 1. The molecule has 1 saturated carbocycles. The number of carbonyl (C=O) groups is 2. The minimum atomic E-state index is -1.65. The fourth-order valence-corrected chi connectivity index (χ4v) is 7.74. The maximum Gasteiger partial charge on any atom is 0.318 e. The van der Waals surface area contributed by atoms with Gasteiger partial charge in [0.05, 0.1) is 38.3 Å². The minimum Gasteiger partial charge on any atom is -0.388 e. The summed E-state index contributed by atoms with van der Waals surface area (Å²) in [5.74, 6) is 0.709. The van der Waals surface area contributed by atoms with Crippen LogP contribution in [0.15, 0.2) is 46.5 Å². The summed E-state index contributed by atoms with van der Waals surface area (Å²) in [6.07, 6.45) is 1.90. The Morgan fingerprint density at radius 2 is 1.76 bits per heavy atom. The molecule has 1 aromatic carbocycles. The number of nitrogens with zero attached hydrogens (tertiary/aromatic N) is 2. The third kappa shape index (κ3) is 4.11. The Morgan fingerprint density at radius 1 is 1.15 bits per heavy atom. The van der Waals surface area contributed by atoms with E-state index in [9.17, 15) is 14.7 Å². The van der Waals surface area contributed by atoms with Crippen LogP contribution in [0, 0.1) is 0 Å². The molecule has 0 unspecified atom stereocenters. The van der Waals surface area contributed by atoms with Gasteiger partial charge in [-0.15, -0.1) is 0 Å². The lowest BCUT2D eigenvalue weighted by atomic mass is 9.91. The van der Waals surface area contributed by atoms with Gasteiger partial charge in [-0.1, -0.05) is 50.0 Å². The fraction of sp³-hybridized carbons (Fsp3) is 0.577. The van der Waals surface area contributed by atoms with Gasteiger partial charge >= 0.3 is 6.03 Å². The summed E-state index contributed by atoms with van der Waals surface area (Å²) in [4.78, 5) is 33.1. The van der Waals surface area contributed by atoms with E-state index in [1.165, 1.54) is 0 Å². The van der Waals surface area contributed by atoms with Crippen LogP contribution >= 0.6 is 0 Å². The zero-order valence-electron chi connectivity index (χ0n) is 21.5. The van der Waals surface area contributed by atoms with E-state index in [4.69, 9.17) is 0 Å². The average Bonchev–Trinajstić information content (AvgIpc) is 3.40. The lowest BCUT2D eigenvalue weighted by molar-refractivity contribution is -0.120. The van der Waals surface area contributed by atoms with E-state index in [0.29, 0.717) is 18.9 Å². The molecule has 1 atom stereocenters. The first-order valence-electron chi connectivity index (χ1n) is 12.1. The van der Waals surface area contributed by atoms with Crippen LogP contribution in [-0.4, -0.2) is 60.1 Å². The predicted molar refractivity (Wildman–Crippen MR) is 138 cm³/mol. The average molecular weight is 483 g/mol. The lowest BCUT2D eigenvalue weighted by Crippen LogP contribution is -2.54. The van der Waals surface area contributed by atoms with Crippen LogP contribution in [-0.2, 0) is 4.79 Å². The SMILES string of the molecule is CC(C)(O)[C@@H](NC(=O)N1CC2=C(CN=C2NC(=O)C2([Si](C)(C)C)CC2)C1(C)C)c1ccccc1. The molecule has 1 aliphatic carbocycles. The minimum absolute atomic E-state index is 0.0889. The van der Waals surface area contributed by atoms with Crippen molar-refractivity contribution < 1.29 is 14.7 Å². The monoisotopic (exact) mass is 482 g/mol. The molecule has 2 aliphatic heterocycles. The van der Waals surface area contributed by atoms with Gasteiger partial charge in [0.15, 0.2) is 0 Å². The molecule has 34 heavy (non-hydrogen) atoms. The van der Waals surface area contributed by atoms with Crippen molar-refractivity contribution in [3.8, 4) is 0 Å².